The van der Waals surface area contributed by atoms with Gasteiger partial charge in [-0.2, -0.15) is 0 Å². The molecule has 1 N–H and O–H groups in total. The Bertz CT molecular complexity index is 867. The zero-order valence-corrected chi connectivity index (χ0v) is 12.7. The number of likely N-dealkylation sites (N-methyl/N-ethyl adjacent to an activating group) is 1. The van der Waals surface area contributed by atoms with Gasteiger partial charge in [0.25, 0.3) is 0 Å². The summed E-state index contributed by atoms with van der Waals surface area (Å²) in [6.07, 6.45) is 0.0559. The molecule has 0 saturated carbocycles. The summed E-state index contributed by atoms with van der Waals surface area (Å²) in [5, 5.41) is 11.2. The third kappa shape index (κ3) is 2.89. The van der Waals surface area contributed by atoms with Gasteiger partial charge < -0.3 is 14.4 Å². The molecule has 3 rings (SSSR count). The van der Waals surface area contributed by atoms with Crippen molar-refractivity contribution in [2.45, 2.75) is 12.5 Å². The Hall–Kier alpha value is -2.17. The number of nitrogens with zero attached hydrogens (tertiary/aromatic N) is 1. The van der Waals surface area contributed by atoms with E-state index in [1.54, 1.807) is 18.2 Å². The van der Waals surface area contributed by atoms with Crippen molar-refractivity contribution >= 4 is 21.9 Å². The smallest absolute Gasteiger partial charge is 0.200 e. The van der Waals surface area contributed by atoms with Crippen LogP contribution in [-0.4, -0.2) is 36.8 Å². The van der Waals surface area contributed by atoms with Gasteiger partial charge in [-0.05, 0) is 50.3 Å². The van der Waals surface area contributed by atoms with E-state index >= 15 is 0 Å². The second-order valence-corrected chi connectivity index (χ2v) is 5.88. The minimum atomic E-state index is -0.458. The van der Waals surface area contributed by atoms with Crippen LogP contribution in [0.1, 0.15) is 5.56 Å². The van der Waals surface area contributed by atoms with E-state index < -0.39 is 6.10 Å². The van der Waals surface area contributed by atoms with Gasteiger partial charge in [0, 0.05) is 6.54 Å². The van der Waals surface area contributed by atoms with E-state index in [-0.39, 0.29) is 5.43 Å². The number of aliphatic hydroxyl groups excluding tert-OH is 1. The van der Waals surface area contributed by atoms with Crippen LogP contribution in [-0.2, 0) is 6.42 Å². The molecule has 1 aromatic heterocycles. The summed E-state index contributed by atoms with van der Waals surface area (Å²) in [6, 6.07) is 12.8. The predicted octanol–water partition coefficient (Wildman–Crippen LogP) is 2.41. The van der Waals surface area contributed by atoms with Gasteiger partial charge in [0.05, 0.1) is 16.9 Å². The molecule has 1 atom stereocenters. The van der Waals surface area contributed by atoms with Crippen LogP contribution in [0.2, 0.25) is 0 Å². The zero-order valence-electron chi connectivity index (χ0n) is 12.7. The maximum absolute atomic E-state index is 12.6. The summed E-state index contributed by atoms with van der Waals surface area (Å²) < 4.78 is 5.78. The topological polar surface area (TPSA) is 53.7 Å². The number of rotatable bonds is 4. The van der Waals surface area contributed by atoms with E-state index in [0.29, 0.717) is 34.9 Å². The minimum Gasteiger partial charge on any atom is -0.456 e. The molecule has 0 aliphatic carbocycles. The Morgan fingerprint density at radius 1 is 1.09 bits per heavy atom. The maximum Gasteiger partial charge on any atom is 0.200 e. The molecule has 2 aromatic carbocycles. The second kappa shape index (κ2) is 5.91. The van der Waals surface area contributed by atoms with E-state index in [4.69, 9.17) is 4.42 Å². The number of para-hydroxylation sites is 1. The molecule has 0 saturated heterocycles. The van der Waals surface area contributed by atoms with Gasteiger partial charge in [0.15, 0.2) is 0 Å². The number of aliphatic hydroxyl groups is 1. The summed E-state index contributed by atoms with van der Waals surface area (Å²) in [6.45, 7) is 0.588. The van der Waals surface area contributed by atoms with Crippen LogP contribution in [0.15, 0.2) is 51.7 Å². The van der Waals surface area contributed by atoms with Crippen molar-refractivity contribution in [3.8, 4) is 0 Å². The first-order chi connectivity index (χ1) is 10.5. The summed E-state index contributed by atoms with van der Waals surface area (Å²) in [7, 11) is 3.84. The molecule has 1 unspecified atom stereocenters. The molecule has 4 heteroatoms. The van der Waals surface area contributed by atoms with Crippen LogP contribution in [0.5, 0.6) is 0 Å². The normalized spacial score (nSPS) is 13.1. The van der Waals surface area contributed by atoms with E-state index in [1.165, 1.54) is 0 Å². The van der Waals surface area contributed by atoms with Gasteiger partial charge >= 0.3 is 0 Å². The number of hydrogen-bond donors (Lipinski definition) is 1. The molecule has 3 aromatic rings. The lowest BCUT2D eigenvalue weighted by Crippen LogP contribution is -2.27. The van der Waals surface area contributed by atoms with Crippen molar-refractivity contribution in [2.24, 2.45) is 0 Å². The van der Waals surface area contributed by atoms with Crippen molar-refractivity contribution in [1.29, 1.82) is 0 Å². The Balaban J connectivity index is 2.04. The van der Waals surface area contributed by atoms with E-state index in [1.807, 2.05) is 43.3 Å². The van der Waals surface area contributed by atoms with Crippen LogP contribution in [0, 0.1) is 0 Å². The highest BCUT2D eigenvalue weighted by Gasteiger charge is 2.11. The second-order valence-electron chi connectivity index (χ2n) is 5.88. The largest absolute Gasteiger partial charge is 0.456 e. The van der Waals surface area contributed by atoms with Gasteiger partial charge in [-0.1, -0.05) is 18.2 Å². The highest BCUT2D eigenvalue weighted by Crippen LogP contribution is 2.20. The van der Waals surface area contributed by atoms with Crippen LogP contribution in [0.4, 0.5) is 0 Å². The maximum atomic E-state index is 12.6. The third-order valence-electron chi connectivity index (χ3n) is 3.69. The summed E-state index contributed by atoms with van der Waals surface area (Å²) in [5.74, 6) is 0. The van der Waals surface area contributed by atoms with Gasteiger partial charge in [-0.25, -0.2) is 0 Å². The molecule has 114 valence electrons. The van der Waals surface area contributed by atoms with Crippen LogP contribution in [0.25, 0.3) is 21.9 Å². The monoisotopic (exact) mass is 297 g/mol. The zero-order chi connectivity index (χ0) is 15.7. The lowest BCUT2D eigenvalue weighted by Gasteiger charge is -2.16. The fourth-order valence-corrected chi connectivity index (χ4v) is 2.74. The molecular formula is C18H19NO3. The average Bonchev–Trinajstić information content (AvgIpc) is 2.47. The predicted molar refractivity (Wildman–Crippen MR) is 88.3 cm³/mol. The Morgan fingerprint density at radius 2 is 1.82 bits per heavy atom. The lowest BCUT2D eigenvalue weighted by atomic mass is 10.0. The SMILES string of the molecule is CN(C)CC(O)Cc1ccc2oc3ccccc3c(=O)c2c1. The average molecular weight is 297 g/mol. The Kier molecular flexibility index (Phi) is 3.96. The van der Waals surface area contributed by atoms with Crippen molar-refractivity contribution in [3.63, 3.8) is 0 Å². The number of hydrogen-bond acceptors (Lipinski definition) is 4. The summed E-state index contributed by atoms with van der Waals surface area (Å²) in [4.78, 5) is 14.5. The van der Waals surface area contributed by atoms with Gasteiger partial charge in [-0.15, -0.1) is 0 Å². The highest BCUT2D eigenvalue weighted by atomic mass is 16.3. The first-order valence-electron chi connectivity index (χ1n) is 7.32. The first kappa shape index (κ1) is 14.8. The molecule has 0 bridgehead atoms. The van der Waals surface area contributed by atoms with Gasteiger partial charge in [-0.3, -0.25) is 4.79 Å². The standard InChI is InChI=1S/C18H19NO3/c1-19(2)11-13(20)9-12-7-8-17-15(10-12)18(21)14-5-3-4-6-16(14)22-17/h3-8,10,13,20H,9,11H2,1-2H3. The molecule has 0 amide bonds. The Labute approximate surface area is 128 Å². The molecule has 0 aliphatic heterocycles. The fraction of sp³-hybridized carbons (Fsp3) is 0.278. The molecule has 0 radical (unpaired) electrons. The minimum absolute atomic E-state index is 0.0270. The van der Waals surface area contributed by atoms with Crippen molar-refractivity contribution in [3.05, 3.63) is 58.3 Å². The van der Waals surface area contributed by atoms with E-state index in [2.05, 4.69) is 0 Å². The summed E-state index contributed by atoms with van der Waals surface area (Å²) in [5.41, 5.74) is 2.08. The third-order valence-corrected chi connectivity index (χ3v) is 3.69. The number of fused-ring (bicyclic) bond motifs is 2. The quantitative estimate of drug-likeness (QED) is 0.751. The van der Waals surface area contributed by atoms with Gasteiger partial charge in [0.1, 0.15) is 11.2 Å². The van der Waals surface area contributed by atoms with Crippen molar-refractivity contribution in [2.75, 3.05) is 20.6 Å². The highest BCUT2D eigenvalue weighted by molar-refractivity contribution is 5.89. The molecule has 1 heterocycles. The van der Waals surface area contributed by atoms with Crippen molar-refractivity contribution in [1.82, 2.24) is 4.90 Å². The molecule has 0 aliphatic rings. The Morgan fingerprint density at radius 3 is 2.59 bits per heavy atom. The molecule has 22 heavy (non-hydrogen) atoms. The van der Waals surface area contributed by atoms with Crippen LogP contribution in [0.3, 0.4) is 0 Å². The summed E-state index contributed by atoms with van der Waals surface area (Å²) >= 11 is 0. The van der Waals surface area contributed by atoms with E-state index in [9.17, 15) is 9.90 Å². The van der Waals surface area contributed by atoms with Crippen LogP contribution >= 0.6 is 0 Å². The van der Waals surface area contributed by atoms with E-state index in [0.717, 1.165) is 5.56 Å². The van der Waals surface area contributed by atoms with Gasteiger partial charge in [0.2, 0.25) is 5.43 Å². The molecule has 0 fully saturated rings. The fourth-order valence-electron chi connectivity index (χ4n) is 2.74. The lowest BCUT2D eigenvalue weighted by molar-refractivity contribution is 0.137. The number of benzene rings is 2. The van der Waals surface area contributed by atoms with Crippen molar-refractivity contribution < 1.29 is 9.52 Å². The first-order valence-corrected chi connectivity index (χ1v) is 7.32. The molecule has 4 nitrogen and oxygen atoms in total. The molecule has 0 spiro atoms. The molecular weight excluding hydrogens is 278 g/mol. The van der Waals surface area contributed by atoms with Crippen LogP contribution < -0.4 is 5.43 Å².